The molecule has 78 valence electrons. The molecule has 1 fully saturated rings. The molecule has 3 unspecified atom stereocenters. The van der Waals surface area contributed by atoms with Gasteiger partial charge in [0.15, 0.2) is 0 Å². The van der Waals surface area contributed by atoms with Crippen molar-refractivity contribution in [2.24, 2.45) is 23.7 Å². The first-order valence-electron chi connectivity index (χ1n) is 6.15. The Morgan fingerprint density at radius 2 is 2.00 bits per heavy atom. The molecule has 3 atom stereocenters. The summed E-state index contributed by atoms with van der Waals surface area (Å²) in [5.41, 5.74) is 0. The van der Waals surface area contributed by atoms with Gasteiger partial charge in [-0.15, -0.1) is 0 Å². The van der Waals surface area contributed by atoms with E-state index in [1.807, 2.05) is 0 Å². The van der Waals surface area contributed by atoms with E-state index in [-0.39, 0.29) is 0 Å². The van der Waals surface area contributed by atoms with Crippen molar-refractivity contribution in [3.8, 4) is 0 Å². The molecule has 0 bridgehead atoms. The van der Waals surface area contributed by atoms with E-state index in [1.54, 1.807) is 0 Å². The Bertz CT molecular complexity index is 137. The quantitative estimate of drug-likeness (QED) is 0.587. The van der Waals surface area contributed by atoms with Crippen LogP contribution in [0.3, 0.4) is 0 Å². The maximum absolute atomic E-state index is 2.42. The van der Waals surface area contributed by atoms with E-state index in [0.717, 1.165) is 23.7 Å². The van der Waals surface area contributed by atoms with Crippen LogP contribution in [-0.2, 0) is 0 Å². The van der Waals surface area contributed by atoms with E-state index in [9.17, 15) is 0 Å². The lowest BCUT2D eigenvalue weighted by Gasteiger charge is -2.43. The lowest BCUT2D eigenvalue weighted by atomic mass is 9.63. The highest BCUT2D eigenvalue weighted by atomic mass is 14.4. The standard InChI is InChI=1S/C13H26/c1-5-13-11(4)9-12(13)8-6-7-10(2)3/h10-13H,5-9H2,1-4H3. The molecule has 1 saturated carbocycles. The molecule has 0 aromatic heterocycles. The molecule has 0 saturated heterocycles. The fourth-order valence-corrected chi connectivity index (χ4v) is 2.95. The summed E-state index contributed by atoms with van der Waals surface area (Å²) < 4.78 is 0. The van der Waals surface area contributed by atoms with Gasteiger partial charge in [-0.25, -0.2) is 0 Å². The lowest BCUT2D eigenvalue weighted by Crippen LogP contribution is -2.34. The molecular formula is C13H26. The molecule has 0 aliphatic heterocycles. The lowest BCUT2D eigenvalue weighted by molar-refractivity contribution is 0.0714. The van der Waals surface area contributed by atoms with Crippen molar-refractivity contribution in [2.75, 3.05) is 0 Å². The maximum atomic E-state index is 2.42. The summed E-state index contributed by atoms with van der Waals surface area (Å²) in [5.74, 6) is 4.07. The van der Waals surface area contributed by atoms with Gasteiger partial charge in [-0.05, 0) is 30.1 Å². The Morgan fingerprint density at radius 1 is 1.31 bits per heavy atom. The van der Waals surface area contributed by atoms with E-state index in [0.29, 0.717) is 0 Å². The molecule has 0 heteroatoms. The van der Waals surface area contributed by atoms with Gasteiger partial charge in [-0.2, -0.15) is 0 Å². The van der Waals surface area contributed by atoms with Crippen molar-refractivity contribution in [1.29, 1.82) is 0 Å². The predicted octanol–water partition coefficient (Wildman–Crippen LogP) is 4.49. The smallest absolute Gasteiger partial charge is 0.0362 e. The molecule has 1 aliphatic rings. The van der Waals surface area contributed by atoms with Gasteiger partial charge in [0.05, 0.1) is 0 Å². The number of rotatable bonds is 5. The minimum absolute atomic E-state index is 0.901. The van der Waals surface area contributed by atoms with E-state index in [4.69, 9.17) is 0 Å². The molecule has 0 nitrogen and oxygen atoms in total. The normalized spacial score (nSPS) is 33.5. The van der Waals surface area contributed by atoms with Gasteiger partial charge in [0.1, 0.15) is 0 Å². The van der Waals surface area contributed by atoms with Crippen molar-refractivity contribution in [2.45, 2.75) is 59.8 Å². The molecule has 0 radical (unpaired) electrons. The number of hydrogen-bond donors (Lipinski definition) is 0. The summed E-state index contributed by atoms with van der Waals surface area (Å²) in [7, 11) is 0. The minimum atomic E-state index is 0.901. The molecule has 1 rings (SSSR count). The molecular weight excluding hydrogens is 156 g/mol. The zero-order valence-corrected chi connectivity index (χ0v) is 9.84. The molecule has 0 N–H and O–H groups in total. The first-order chi connectivity index (χ1) is 6.15. The summed E-state index contributed by atoms with van der Waals surface area (Å²) in [4.78, 5) is 0. The molecule has 0 aromatic rings. The molecule has 0 amide bonds. The van der Waals surface area contributed by atoms with Crippen LogP contribution in [0.5, 0.6) is 0 Å². The maximum Gasteiger partial charge on any atom is -0.0362 e. The van der Waals surface area contributed by atoms with Crippen LogP contribution in [0.25, 0.3) is 0 Å². The molecule has 0 aromatic carbocycles. The van der Waals surface area contributed by atoms with Crippen LogP contribution in [0.1, 0.15) is 59.8 Å². The van der Waals surface area contributed by atoms with Crippen molar-refractivity contribution in [3.05, 3.63) is 0 Å². The average Bonchev–Trinajstić information content (AvgIpc) is 2.02. The fraction of sp³-hybridized carbons (Fsp3) is 1.00. The summed E-state index contributed by atoms with van der Waals surface area (Å²) in [5, 5.41) is 0. The molecule has 0 spiro atoms. The second-order valence-corrected chi connectivity index (χ2v) is 5.37. The van der Waals surface area contributed by atoms with Gasteiger partial charge >= 0.3 is 0 Å². The number of hydrogen-bond acceptors (Lipinski definition) is 0. The van der Waals surface area contributed by atoms with Crippen LogP contribution in [0.15, 0.2) is 0 Å². The second kappa shape index (κ2) is 5.02. The second-order valence-electron chi connectivity index (χ2n) is 5.37. The first-order valence-corrected chi connectivity index (χ1v) is 6.15. The fourth-order valence-electron chi connectivity index (χ4n) is 2.95. The summed E-state index contributed by atoms with van der Waals surface area (Å²) >= 11 is 0. The topological polar surface area (TPSA) is 0 Å². The van der Waals surface area contributed by atoms with E-state index in [2.05, 4.69) is 27.7 Å². The molecule has 13 heavy (non-hydrogen) atoms. The van der Waals surface area contributed by atoms with Gasteiger partial charge in [0.2, 0.25) is 0 Å². The van der Waals surface area contributed by atoms with Crippen molar-refractivity contribution in [3.63, 3.8) is 0 Å². The predicted molar refractivity (Wildman–Crippen MR) is 59.7 cm³/mol. The van der Waals surface area contributed by atoms with Crippen LogP contribution < -0.4 is 0 Å². The Kier molecular flexibility index (Phi) is 4.28. The molecule has 1 aliphatic carbocycles. The van der Waals surface area contributed by atoms with E-state index < -0.39 is 0 Å². The van der Waals surface area contributed by atoms with Crippen LogP contribution in [0, 0.1) is 23.7 Å². The van der Waals surface area contributed by atoms with Gasteiger partial charge in [-0.1, -0.05) is 53.4 Å². The van der Waals surface area contributed by atoms with Gasteiger partial charge in [0.25, 0.3) is 0 Å². The van der Waals surface area contributed by atoms with Crippen LogP contribution in [0.4, 0.5) is 0 Å². The van der Waals surface area contributed by atoms with Gasteiger partial charge < -0.3 is 0 Å². The largest absolute Gasteiger partial charge is 0.0651 e. The van der Waals surface area contributed by atoms with E-state index in [1.165, 1.54) is 32.1 Å². The average molecular weight is 182 g/mol. The minimum Gasteiger partial charge on any atom is -0.0651 e. The Morgan fingerprint density at radius 3 is 2.46 bits per heavy atom. The zero-order valence-electron chi connectivity index (χ0n) is 9.84. The summed E-state index contributed by atoms with van der Waals surface area (Å²) in [6.07, 6.45) is 7.32. The first kappa shape index (κ1) is 11.1. The third kappa shape index (κ3) is 3.00. The third-order valence-corrected chi connectivity index (χ3v) is 3.84. The third-order valence-electron chi connectivity index (χ3n) is 3.84. The SMILES string of the molecule is CCC1C(C)CC1CCCC(C)C. The molecule has 0 heterocycles. The Labute approximate surface area is 84.1 Å². The summed E-state index contributed by atoms with van der Waals surface area (Å²) in [6, 6.07) is 0. The van der Waals surface area contributed by atoms with Crippen molar-refractivity contribution in [1.82, 2.24) is 0 Å². The van der Waals surface area contributed by atoms with Crippen LogP contribution in [-0.4, -0.2) is 0 Å². The zero-order chi connectivity index (χ0) is 9.84. The Hall–Kier alpha value is 0. The highest BCUT2D eigenvalue weighted by molar-refractivity contribution is 4.85. The summed E-state index contributed by atoms with van der Waals surface area (Å²) in [6.45, 7) is 9.45. The highest BCUT2D eigenvalue weighted by Crippen LogP contribution is 2.44. The van der Waals surface area contributed by atoms with Crippen LogP contribution >= 0.6 is 0 Å². The van der Waals surface area contributed by atoms with Gasteiger partial charge in [0, 0.05) is 0 Å². The van der Waals surface area contributed by atoms with E-state index >= 15 is 0 Å². The Balaban J connectivity index is 2.09. The monoisotopic (exact) mass is 182 g/mol. The van der Waals surface area contributed by atoms with Gasteiger partial charge in [-0.3, -0.25) is 0 Å². The van der Waals surface area contributed by atoms with Crippen molar-refractivity contribution < 1.29 is 0 Å². The highest BCUT2D eigenvalue weighted by Gasteiger charge is 2.35. The van der Waals surface area contributed by atoms with Crippen molar-refractivity contribution >= 4 is 0 Å². The van der Waals surface area contributed by atoms with Crippen LogP contribution in [0.2, 0.25) is 0 Å².